The number of hydrogen-bond acceptors (Lipinski definition) is 4. The van der Waals surface area contributed by atoms with Gasteiger partial charge in [0, 0.05) is 25.1 Å². The van der Waals surface area contributed by atoms with Gasteiger partial charge in [-0.25, -0.2) is 9.78 Å². The minimum Gasteiger partial charge on any atom is -0.443 e. The molecule has 2 aromatic heterocycles. The number of rotatable bonds is 4. The van der Waals surface area contributed by atoms with E-state index in [-0.39, 0.29) is 5.91 Å². The molecule has 0 saturated carbocycles. The summed E-state index contributed by atoms with van der Waals surface area (Å²) in [6.07, 6.45) is 5.52. The van der Waals surface area contributed by atoms with Crippen molar-refractivity contribution in [1.29, 1.82) is 0 Å². The lowest BCUT2D eigenvalue weighted by molar-refractivity contribution is 0.0589. The topological polar surface area (TPSA) is 64.4 Å². The molecule has 0 saturated heterocycles. The third-order valence-corrected chi connectivity index (χ3v) is 3.40. The van der Waals surface area contributed by atoms with Crippen LogP contribution >= 0.6 is 0 Å². The minimum absolute atomic E-state index is 0.0364. The number of fused-ring (bicyclic) bond motifs is 1. The van der Waals surface area contributed by atoms with Crippen LogP contribution in [0.4, 0.5) is 10.5 Å². The zero-order valence-electron chi connectivity index (χ0n) is 14.6. The highest BCUT2D eigenvalue weighted by atomic mass is 16.6. The first kappa shape index (κ1) is 17.7. The molecule has 6 nitrogen and oxygen atoms in total. The van der Waals surface area contributed by atoms with E-state index in [0.29, 0.717) is 24.2 Å². The number of carbonyl (C=O) groups is 2. The first-order valence-electron chi connectivity index (χ1n) is 7.81. The fourth-order valence-electron chi connectivity index (χ4n) is 2.18. The van der Waals surface area contributed by atoms with Gasteiger partial charge < -0.3 is 4.74 Å². The van der Waals surface area contributed by atoms with Crippen LogP contribution in [0.25, 0.3) is 11.0 Å². The first-order valence-corrected chi connectivity index (χ1v) is 7.81. The highest BCUT2D eigenvalue weighted by molar-refractivity contribution is 5.94. The number of carbonyl (C=O) groups excluding carboxylic acids is 2. The molecular formula is C18H23N3O3. The normalized spacial score (nSPS) is 11.3. The number of ether oxygens (including phenoxy) is 1. The highest BCUT2D eigenvalue weighted by Crippen LogP contribution is 2.22. The van der Waals surface area contributed by atoms with E-state index in [2.05, 4.69) is 11.6 Å². The number of anilines is 1. The maximum absolute atomic E-state index is 12.2. The van der Waals surface area contributed by atoms with Crippen molar-refractivity contribution < 1.29 is 14.3 Å². The van der Waals surface area contributed by atoms with Gasteiger partial charge in [0.15, 0.2) is 0 Å². The molecule has 2 rings (SSSR count). The van der Waals surface area contributed by atoms with Gasteiger partial charge >= 0.3 is 6.09 Å². The lowest BCUT2D eigenvalue weighted by Crippen LogP contribution is -2.34. The average molecular weight is 329 g/mol. The van der Waals surface area contributed by atoms with Crippen molar-refractivity contribution >= 4 is 28.7 Å². The van der Waals surface area contributed by atoms with Gasteiger partial charge in [-0.2, -0.15) is 0 Å². The van der Waals surface area contributed by atoms with E-state index in [1.165, 1.54) is 9.47 Å². The van der Waals surface area contributed by atoms with Crippen LogP contribution in [0.15, 0.2) is 37.2 Å². The first-order chi connectivity index (χ1) is 11.2. The van der Waals surface area contributed by atoms with Crippen LogP contribution in [0, 0.1) is 0 Å². The summed E-state index contributed by atoms with van der Waals surface area (Å²) in [5.74, 6) is -0.0364. The summed E-state index contributed by atoms with van der Waals surface area (Å²) in [6.45, 7) is 9.07. The number of amides is 1. The van der Waals surface area contributed by atoms with Gasteiger partial charge in [-0.05, 0) is 39.3 Å². The number of hydrogen-bond donors (Lipinski definition) is 0. The van der Waals surface area contributed by atoms with Crippen LogP contribution in [0.1, 0.15) is 38.4 Å². The van der Waals surface area contributed by atoms with Crippen LogP contribution in [0.3, 0.4) is 0 Å². The monoisotopic (exact) mass is 329 g/mol. The van der Waals surface area contributed by atoms with Crippen molar-refractivity contribution in [2.45, 2.75) is 39.2 Å². The van der Waals surface area contributed by atoms with E-state index in [4.69, 9.17) is 4.74 Å². The number of nitrogens with zero attached hydrogens (tertiary/aromatic N) is 3. The maximum Gasteiger partial charge on any atom is 0.414 e. The van der Waals surface area contributed by atoms with Gasteiger partial charge in [0.1, 0.15) is 11.2 Å². The molecule has 0 bridgehead atoms. The van der Waals surface area contributed by atoms with E-state index in [0.717, 1.165) is 5.39 Å². The molecule has 24 heavy (non-hydrogen) atoms. The molecule has 6 heteroatoms. The quantitative estimate of drug-likeness (QED) is 0.795. The molecule has 0 aliphatic rings. The van der Waals surface area contributed by atoms with Crippen LogP contribution in [-0.4, -0.2) is 34.2 Å². The summed E-state index contributed by atoms with van der Waals surface area (Å²) in [6, 6.07) is 3.62. The molecule has 2 aromatic rings. The molecule has 0 aliphatic heterocycles. The Balaban J connectivity index is 2.25. The molecule has 0 unspecified atom stereocenters. The summed E-state index contributed by atoms with van der Waals surface area (Å²) in [4.78, 5) is 30.0. The Labute approximate surface area is 141 Å². The zero-order valence-corrected chi connectivity index (χ0v) is 14.6. The molecule has 0 atom stereocenters. The van der Waals surface area contributed by atoms with E-state index in [9.17, 15) is 9.59 Å². The van der Waals surface area contributed by atoms with Gasteiger partial charge in [-0.1, -0.05) is 6.08 Å². The molecule has 2 heterocycles. The van der Waals surface area contributed by atoms with Crippen molar-refractivity contribution in [3.05, 3.63) is 37.2 Å². The van der Waals surface area contributed by atoms with Crippen molar-refractivity contribution in [2.24, 2.45) is 0 Å². The Hall–Kier alpha value is -2.63. The predicted octanol–water partition coefficient (Wildman–Crippen LogP) is 4.01. The largest absolute Gasteiger partial charge is 0.443 e. The molecule has 0 aromatic carbocycles. The lowest BCUT2D eigenvalue weighted by atomic mass is 10.2. The second kappa shape index (κ2) is 6.86. The molecule has 0 N–H and O–H groups in total. The summed E-state index contributed by atoms with van der Waals surface area (Å²) >= 11 is 0. The SMILES string of the molecule is C=CCCC(=O)n1ccc2cc(N(C)C(=O)OC(C)(C)C)cnc21. The number of aromatic nitrogens is 2. The zero-order chi connectivity index (χ0) is 17.9. The third kappa shape index (κ3) is 4.01. The van der Waals surface area contributed by atoms with Crippen molar-refractivity contribution in [2.75, 3.05) is 11.9 Å². The Morgan fingerprint density at radius 3 is 2.75 bits per heavy atom. The van der Waals surface area contributed by atoms with Gasteiger partial charge in [-0.3, -0.25) is 14.3 Å². The molecule has 0 spiro atoms. The van der Waals surface area contributed by atoms with Crippen LogP contribution in [0.5, 0.6) is 0 Å². The molecule has 0 fully saturated rings. The maximum atomic E-state index is 12.2. The van der Waals surface area contributed by atoms with Crippen molar-refractivity contribution in [1.82, 2.24) is 9.55 Å². The number of pyridine rings is 1. The van der Waals surface area contributed by atoms with Crippen LogP contribution in [0.2, 0.25) is 0 Å². The summed E-state index contributed by atoms with van der Waals surface area (Å²) < 4.78 is 6.87. The molecule has 1 amide bonds. The van der Waals surface area contributed by atoms with E-state index in [1.807, 2.05) is 26.8 Å². The Morgan fingerprint density at radius 1 is 1.42 bits per heavy atom. The van der Waals surface area contributed by atoms with E-state index in [1.54, 1.807) is 31.6 Å². The van der Waals surface area contributed by atoms with Gasteiger partial charge in [0.05, 0.1) is 11.9 Å². The highest BCUT2D eigenvalue weighted by Gasteiger charge is 2.21. The van der Waals surface area contributed by atoms with E-state index >= 15 is 0 Å². The van der Waals surface area contributed by atoms with E-state index < -0.39 is 11.7 Å². The fraction of sp³-hybridized carbons (Fsp3) is 0.389. The summed E-state index contributed by atoms with van der Waals surface area (Å²) in [5.41, 5.74) is 0.613. The average Bonchev–Trinajstić information content (AvgIpc) is 2.93. The van der Waals surface area contributed by atoms with Gasteiger partial charge in [0.2, 0.25) is 5.91 Å². The smallest absolute Gasteiger partial charge is 0.414 e. The summed E-state index contributed by atoms with van der Waals surface area (Å²) in [7, 11) is 1.63. The Kier molecular flexibility index (Phi) is 5.07. The fourth-order valence-corrected chi connectivity index (χ4v) is 2.18. The Morgan fingerprint density at radius 2 is 2.12 bits per heavy atom. The van der Waals surface area contributed by atoms with Crippen LogP contribution < -0.4 is 4.90 Å². The third-order valence-electron chi connectivity index (χ3n) is 3.40. The second-order valence-corrected chi connectivity index (χ2v) is 6.55. The number of allylic oxidation sites excluding steroid dienone is 1. The van der Waals surface area contributed by atoms with Crippen LogP contribution in [-0.2, 0) is 4.74 Å². The lowest BCUT2D eigenvalue weighted by Gasteiger charge is -2.24. The Bertz CT molecular complexity index is 771. The molecule has 128 valence electrons. The van der Waals surface area contributed by atoms with Gasteiger partial charge in [-0.15, -0.1) is 6.58 Å². The molecule has 0 aliphatic carbocycles. The molecular weight excluding hydrogens is 306 g/mol. The van der Waals surface area contributed by atoms with Crippen molar-refractivity contribution in [3.8, 4) is 0 Å². The minimum atomic E-state index is -0.566. The second-order valence-electron chi connectivity index (χ2n) is 6.55. The van der Waals surface area contributed by atoms with Gasteiger partial charge in [0.25, 0.3) is 0 Å². The summed E-state index contributed by atoms with van der Waals surface area (Å²) in [5, 5.41) is 0.787. The predicted molar refractivity (Wildman–Crippen MR) is 94.4 cm³/mol. The van der Waals surface area contributed by atoms with Crippen molar-refractivity contribution in [3.63, 3.8) is 0 Å². The standard InChI is InChI=1S/C18H23N3O3/c1-6-7-8-15(22)21-10-9-13-11-14(12-19-16(13)21)20(5)17(23)24-18(2,3)4/h6,9-12H,1,7-8H2,2-5H3. The molecule has 0 radical (unpaired) electrons.